The first kappa shape index (κ1) is 13.3. The predicted molar refractivity (Wildman–Crippen MR) is 77.2 cm³/mol. The summed E-state index contributed by atoms with van der Waals surface area (Å²) in [6.07, 6.45) is 0. The number of hydrogen-bond acceptors (Lipinski definition) is 3. The van der Waals surface area contributed by atoms with Crippen LogP contribution >= 0.6 is 0 Å². The van der Waals surface area contributed by atoms with E-state index >= 15 is 0 Å². The molecule has 0 spiro atoms. The van der Waals surface area contributed by atoms with Crippen LogP contribution in [0, 0.1) is 11.8 Å². The van der Waals surface area contributed by atoms with Crippen molar-refractivity contribution in [2.75, 3.05) is 33.0 Å². The van der Waals surface area contributed by atoms with Crippen molar-refractivity contribution in [1.29, 1.82) is 0 Å². The molecule has 19 heavy (non-hydrogen) atoms. The molecule has 2 aliphatic heterocycles. The Morgan fingerprint density at radius 2 is 1.68 bits per heavy atom. The van der Waals surface area contributed by atoms with Gasteiger partial charge in [-0.15, -0.1) is 0 Å². The molecule has 0 N–H and O–H groups in total. The van der Waals surface area contributed by atoms with Gasteiger partial charge in [-0.3, -0.25) is 0 Å². The fraction of sp³-hybridized carbons (Fsp3) is 0.600. The van der Waals surface area contributed by atoms with Gasteiger partial charge in [0, 0.05) is 18.4 Å². The Labute approximate surface area is 116 Å². The molecule has 0 aromatic heterocycles. The molecule has 0 bridgehead atoms. The minimum Gasteiger partial charge on any atom is -0.415 e. The van der Waals surface area contributed by atoms with E-state index < -0.39 is 9.04 Å². The lowest BCUT2D eigenvalue weighted by atomic mass is 9.91. The van der Waals surface area contributed by atoms with E-state index in [2.05, 4.69) is 37.3 Å². The fourth-order valence-electron chi connectivity index (χ4n) is 3.08. The van der Waals surface area contributed by atoms with Crippen LogP contribution < -0.4 is 5.19 Å². The molecule has 104 valence electrons. The molecule has 2 fully saturated rings. The van der Waals surface area contributed by atoms with Gasteiger partial charge >= 0.3 is 0 Å². The highest BCUT2D eigenvalue weighted by molar-refractivity contribution is 6.69. The lowest BCUT2D eigenvalue weighted by molar-refractivity contribution is -0.0918. The standard InChI is InChI=1S/C15H22O3Si/c1-2-18-19(14-6-4-3-5-7-14)15(12-8-16-9-12)13-10-17-11-13/h3-7,12-13,15,19H,2,8-11H2,1H3. The second-order valence-corrected chi connectivity index (χ2v) is 8.07. The Morgan fingerprint density at radius 3 is 2.11 bits per heavy atom. The first-order valence-electron chi connectivity index (χ1n) is 7.22. The molecule has 3 nitrogen and oxygen atoms in total. The Bertz CT molecular complexity index is 376. The van der Waals surface area contributed by atoms with Gasteiger partial charge in [-0.1, -0.05) is 30.3 Å². The number of hydrogen-bond donors (Lipinski definition) is 0. The smallest absolute Gasteiger partial charge is 0.212 e. The molecule has 0 saturated carbocycles. The van der Waals surface area contributed by atoms with Crippen LogP contribution in [0.15, 0.2) is 30.3 Å². The quantitative estimate of drug-likeness (QED) is 0.735. The second-order valence-electron chi connectivity index (χ2n) is 5.46. The van der Waals surface area contributed by atoms with Crippen LogP contribution in [-0.2, 0) is 13.9 Å². The first-order chi connectivity index (χ1) is 9.40. The molecule has 0 radical (unpaired) electrons. The molecule has 2 saturated heterocycles. The van der Waals surface area contributed by atoms with Crippen LogP contribution in [-0.4, -0.2) is 42.1 Å². The third kappa shape index (κ3) is 2.77. The monoisotopic (exact) mass is 278 g/mol. The van der Waals surface area contributed by atoms with Gasteiger partial charge in [0.2, 0.25) is 9.04 Å². The maximum atomic E-state index is 6.23. The Kier molecular flexibility index (Phi) is 4.33. The second kappa shape index (κ2) is 6.18. The summed E-state index contributed by atoms with van der Waals surface area (Å²) >= 11 is 0. The highest BCUT2D eigenvalue weighted by Crippen LogP contribution is 2.39. The third-order valence-electron chi connectivity index (χ3n) is 4.24. The fourth-order valence-corrected chi connectivity index (χ4v) is 6.34. The van der Waals surface area contributed by atoms with Crippen molar-refractivity contribution < 1.29 is 13.9 Å². The molecule has 1 unspecified atom stereocenters. The topological polar surface area (TPSA) is 27.7 Å². The molecule has 1 aromatic carbocycles. The van der Waals surface area contributed by atoms with E-state index in [9.17, 15) is 0 Å². The molecule has 4 heteroatoms. The molecule has 0 amide bonds. The zero-order valence-corrected chi connectivity index (χ0v) is 12.6. The molecule has 2 heterocycles. The molecule has 1 aromatic rings. The van der Waals surface area contributed by atoms with Gasteiger partial charge in [0.25, 0.3) is 0 Å². The molecule has 2 aliphatic rings. The van der Waals surface area contributed by atoms with Gasteiger partial charge < -0.3 is 13.9 Å². The van der Waals surface area contributed by atoms with Crippen LogP contribution in [0.4, 0.5) is 0 Å². The van der Waals surface area contributed by atoms with Crippen LogP contribution in [0.25, 0.3) is 0 Å². The van der Waals surface area contributed by atoms with Gasteiger partial charge in [-0.2, -0.15) is 0 Å². The number of ether oxygens (including phenoxy) is 2. The van der Waals surface area contributed by atoms with Crippen LogP contribution in [0.1, 0.15) is 6.92 Å². The van der Waals surface area contributed by atoms with E-state index in [4.69, 9.17) is 13.9 Å². The van der Waals surface area contributed by atoms with Crippen molar-refractivity contribution in [2.45, 2.75) is 12.5 Å². The summed E-state index contributed by atoms with van der Waals surface area (Å²) in [6.45, 7) is 6.54. The van der Waals surface area contributed by atoms with E-state index in [1.165, 1.54) is 5.19 Å². The number of rotatable bonds is 6. The van der Waals surface area contributed by atoms with Gasteiger partial charge in [0.05, 0.1) is 26.4 Å². The average molecular weight is 278 g/mol. The van der Waals surface area contributed by atoms with Gasteiger partial charge in [0.15, 0.2) is 0 Å². The minimum atomic E-state index is -1.42. The highest BCUT2D eigenvalue weighted by atomic mass is 28.3. The van der Waals surface area contributed by atoms with E-state index in [0.717, 1.165) is 33.0 Å². The third-order valence-corrected chi connectivity index (χ3v) is 7.76. The van der Waals surface area contributed by atoms with E-state index in [-0.39, 0.29) is 0 Å². The van der Waals surface area contributed by atoms with Crippen molar-refractivity contribution >= 4 is 14.2 Å². The van der Waals surface area contributed by atoms with Gasteiger partial charge in [-0.25, -0.2) is 0 Å². The molecule has 0 aliphatic carbocycles. The summed E-state index contributed by atoms with van der Waals surface area (Å²) in [5, 5.41) is 1.42. The largest absolute Gasteiger partial charge is 0.415 e. The predicted octanol–water partition coefficient (Wildman–Crippen LogP) is 1.32. The maximum absolute atomic E-state index is 6.23. The van der Waals surface area contributed by atoms with E-state index in [0.29, 0.717) is 17.4 Å². The summed E-state index contributed by atoms with van der Waals surface area (Å²) in [5.74, 6) is 1.36. The Hall–Kier alpha value is -0.683. The lowest BCUT2D eigenvalue weighted by Gasteiger charge is -2.44. The molecular weight excluding hydrogens is 256 g/mol. The van der Waals surface area contributed by atoms with Crippen molar-refractivity contribution in [3.05, 3.63) is 30.3 Å². The van der Waals surface area contributed by atoms with Crippen LogP contribution in [0.3, 0.4) is 0 Å². The summed E-state index contributed by atoms with van der Waals surface area (Å²) in [4.78, 5) is 0. The van der Waals surface area contributed by atoms with Crippen LogP contribution in [0.2, 0.25) is 5.54 Å². The molecule has 3 rings (SSSR count). The summed E-state index contributed by atoms with van der Waals surface area (Å²) in [6, 6.07) is 10.8. The summed E-state index contributed by atoms with van der Waals surface area (Å²) < 4.78 is 17.1. The zero-order chi connectivity index (χ0) is 13.1. The SMILES string of the molecule is CCO[SiH](c1ccccc1)C(C1COC1)C1COC1. The zero-order valence-electron chi connectivity index (χ0n) is 11.5. The van der Waals surface area contributed by atoms with Crippen molar-refractivity contribution in [3.8, 4) is 0 Å². The van der Waals surface area contributed by atoms with E-state index in [1.807, 2.05) is 0 Å². The minimum absolute atomic E-state index is 0.657. The Balaban J connectivity index is 1.82. The summed E-state index contributed by atoms with van der Waals surface area (Å²) in [5.41, 5.74) is 0.657. The molecular formula is C15H22O3Si. The summed E-state index contributed by atoms with van der Waals surface area (Å²) in [7, 11) is -1.42. The van der Waals surface area contributed by atoms with Crippen molar-refractivity contribution in [3.63, 3.8) is 0 Å². The Morgan fingerprint density at radius 1 is 1.11 bits per heavy atom. The van der Waals surface area contributed by atoms with Crippen molar-refractivity contribution in [2.24, 2.45) is 11.8 Å². The van der Waals surface area contributed by atoms with Crippen LogP contribution in [0.5, 0.6) is 0 Å². The normalized spacial score (nSPS) is 22.0. The van der Waals surface area contributed by atoms with Gasteiger partial charge in [0.1, 0.15) is 0 Å². The maximum Gasteiger partial charge on any atom is 0.212 e. The molecule has 1 atom stereocenters. The number of benzene rings is 1. The van der Waals surface area contributed by atoms with E-state index in [1.54, 1.807) is 0 Å². The van der Waals surface area contributed by atoms with Crippen molar-refractivity contribution in [1.82, 2.24) is 0 Å². The average Bonchev–Trinajstić information content (AvgIpc) is 2.32. The highest BCUT2D eigenvalue weighted by Gasteiger charge is 2.44. The first-order valence-corrected chi connectivity index (χ1v) is 8.93. The van der Waals surface area contributed by atoms with Gasteiger partial charge in [-0.05, 0) is 17.7 Å². The lowest BCUT2D eigenvalue weighted by Crippen LogP contribution is -2.53.